The lowest BCUT2D eigenvalue weighted by atomic mass is 9.87. The summed E-state index contributed by atoms with van der Waals surface area (Å²) in [7, 11) is 0. The van der Waals surface area contributed by atoms with Crippen molar-refractivity contribution >= 4 is 23.4 Å². The molecular weight excluding hydrogens is 286 g/mol. The van der Waals surface area contributed by atoms with E-state index < -0.39 is 5.97 Å². The first kappa shape index (κ1) is 14.6. The Morgan fingerprint density at radius 3 is 3.00 bits per heavy atom. The first-order chi connectivity index (χ1) is 9.98. The van der Waals surface area contributed by atoms with Gasteiger partial charge in [-0.05, 0) is 29.7 Å². The fourth-order valence-electron chi connectivity index (χ4n) is 3.24. The molecule has 1 atom stereocenters. The summed E-state index contributed by atoms with van der Waals surface area (Å²) >= 11 is 1.99. The maximum Gasteiger partial charge on any atom is 0.339 e. The van der Waals surface area contributed by atoms with Gasteiger partial charge in [-0.25, -0.2) is 4.79 Å². The minimum Gasteiger partial charge on any atom is -0.489 e. The lowest BCUT2D eigenvalue weighted by Gasteiger charge is -2.44. The molecule has 1 unspecified atom stereocenters. The minimum atomic E-state index is -0.924. The van der Waals surface area contributed by atoms with Crippen molar-refractivity contribution in [2.75, 3.05) is 29.6 Å². The van der Waals surface area contributed by atoms with E-state index in [9.17, 15) is 9.90 Å². The van der Waals surface area contributed by atoms with Gasteiger partial charge in [0.25, 0.3) is 0 Å². The third kappa shape index (κ3) is 2.84. The zero-order valence-electron chi connectivity index (χ0n) is 12.5. The number of nitrogens with zero attached hydrogens (tertiary/aromatic N) is 1. The second-order valence-electron chi connectivity index (χ2n) is 6.54. The molecule has 3 rings (SSSR count). The van der Waals surface area contributed by atoms with Crippen LogP contribution >= 0.6 is 11.8 Å². The number of para-hydroxylation sites is 1. The summed E-state index contributed by atoms with van der Waals surface area (Å²) in [6.45, 7) is 6.00. The van der Waals surface area contributed by atoms with Crippen LogP contribution in [0.1, 0.15) is 30.6 Å². The Morgan fingerprint density at radius 1 is 1.48 bits per heavy atom. The van der Waals surface area contributed by atoms with Crippen molar-refractivity contribution in [3.05, 3.63) is 23.8 Å². The normalized spacial score (nSPS) is 24.1. The molecule has 2 aliphatic rings. The maximum absolute atomic E-state index is 11.4. The molecule has 0 aromatic heterocycles. The Morgan fingerprint density at radius 2 is 2.29 bits per heavy atom. The van der Waals surface area contributed by atoms with E-state index in [-0.39, 0.29) is 5.56 Å². The van der Waals surface area contributed by atoms with E-state index in [0.717, 1.165) is 24.4 Å². The number of ether oxygens (including phenoxy) is 1. The molecule has 1 aromatic carbocycles. The van der Waals surface area contributed by atoms with Crippen molar-refractivity contribution in [3.8, 4) is 5.75 Å². The molecule has 114 valence electrons. The third-order valence-corrected chi connectivity index (χ3v) is 5.75. The number of carboxylic acids is 1. The molecular formula is C16H21NO3S. The molecule has 0 saturated carbocycles. The quantitative estimate of drug-likeness (QED) is 0.910. The van der Waals surface area contributed by atoms with Crippen molar-refractivity contribution < 1.29 is 14.6 Å². The number of fused-ring (bicyclic) bond motifs is 1. The van der Waals surface area contributed by atoms with Crippen molar-refractivity contribution in [2.45, 2.75) is 26.3 Å². The Labute approximate surface area is 129 Å². The summed E-state index contributed by atoms with van der Waals surface area (Å²) in [4.78, 5) is 13.7. The SMILES string of the molecule is CC1(C)CSCC(N2CCOc3c(C(=O)O)cccc32)C1. The number of thioether (sulfide) groups is 1. The lowest BCUT2D eigenvalue weighted by molar-refractivity contribution is 0.0691. The number of aromatic carboxylic acids is 1. The number of anilines is 1. The van der Waals surface area contributed by atoms with Crippen LogP contribution in [0.3, 0.4) is 0 Å². The van der Waals surface area contributed by atoms with Gasteiger partial charge in [0, 0.05) is 11.8 Å². The average Bonchev–Trinajstić information content (AvgIpc) is 2.44. The van der Waals surface area contributed by atoms with Gasteiger partial charge in [-0.15, -0.1) is 0 Å². The number of hydrogen-bond donors (Lipinski definition) is 1. The van der Waals surface area contributed by atoms with Crippen LogP contribution in [-0.4, -0.2) is 41.8 Å². The van der Waals surface area contributed by atoms with Crippen LogP contribution in [0.5, 0.6) is 5.75 Å². The first-order valence-corrected chi connectivity index (χ1v) is 8.47. The van der Waals surface area contributed by atoms with E-state index in [2.05, 4.69) is 18.7 Å². The molecule has 1 aromatic rings. The van der Waals surface area contributed by atoms with E-state index in [0.29, 0.717) is 23.8 Å². The number of carbonyl (C=O) groups is 1. The van der Waals surface area contributed by atoms with Crippen molar-refractivity contribution in [1.29, 1.82) is 0 Å². The minimum absolute atomic E-state index is 0.264. The van der Waals surface area contributed by atoms with Crippen LogP contribution in [-0.2, 0) is 0 Å². The summed E-state index contributed by atoms with van der Waals surface area (Å²) in [5.74, 6) is 1.90. The Bertz CT molecular complexity index is 558. The molecule has 21 heavy (non-hydrogen) atoms. The lowest BCUT2D eigenvalue weighted by Crippen LogP contribution is -2.47. The van der Waals surface area contributed by atoms with Gasteiger partial charge >= 0.3 is 5.97 Å². The van der Waals surface area contributed by atoms with Crippen LogP contribution in [0.25, 0.3) is 0 Å². The van der Waals surface area contributed by atoms with E-state index in [1.54, 1.807) is 6.07 Å². The number of hydrogen-bond acceptors (Lipinski definition) is 4. The Balaban J connectivity index is 1.94. The second-order valence-corrected chi connectivity index (χ2v) is 7.57. The molecule has 0 amide bonds. The zero-order valence-corrected chi connectivity index (χ0v) is 13.3. The molecule has 2 aliphatic heterocycles. The highest BCUT2D eigenvalue weighted by Gasteiger charge is 2.35. The highest BCUT2D eigenvalue weighted by atomic mass is 32.2. The predicted molar refractivity (Wildman–Crippen MR) is 85.8 cm³/mol. The fraction of sp³-hybridized carbons (Fsp3) is 0.562. The molecule has 1 saturated heterocycles. The summed E-state index contributed by atoms with van der Waals surface area (Å²) in [6, 6.07) is 5.85. The number of benzene rings is 1. The van der Waals surface area contributed by atoms with E-state index in [1.165, 1.54) is 5.75 Å². The van der Waals surface area contributed by atoms with Crippen LogP contribution in [0.15, 0.2) is 18.2 Å². The highest BCUT2D eigenvalue weighted by Crippen LogP contribution is 2.41. The van der Waals surface area contributed by atoms with Gasteiger partial charge in [-0.3, -0.25) is 0 Å². The molecule has 4 nitrogen and oxygen atoms in total. The molecule has 2 heterocycles. The number of rotatable bonds is 2. The molecule has 0 radical (unpaired) electrons. The molecule has 0 aliphatic carbocycles. The largest absolute Gasteiger partial charge is 0.489 e. The van der Waals surface area contributed by atoms with Crippen LogP contribution in [0, 0.1) is 5.41 Å². The Hall–Kier alpha value is -1.36. The standard InChI is InChI=1S/C16H21NO3S/c1-16(2)8-11(9-21-10-16)17-6-7-20-14-12(15(18)19)4-3-5-13(14)17/h3-5,11H,6-10H2,1-2H3,(H,18,19). The zero-order chi connectivity index (χ0) is 15.0. The third-order valence-electron chi connectivity index (χ3n) is 4.14. The van der Waals surface area contributed by atoms with Gasteiger partial charge in [-0.1, -0.05) is 19.9 Å². The highest BCUT2D eigenvalue weighted by molar-refractivity contribution is 7.99. The average molecular weight is 307 g/mol. The van der Waals surface area contributed by atoms with Gasteiger partial charge in [-0.2, -0.15) is 11.8 Å². The maximum atomic E-state index is 11.4. The van der Waals surface area contributed by atoms with Crippen LogP contribution in [0.2, 0.25) is 0 Å². The summed E-state index contributed by atoms with van der Waals surface area (Å²) in [5, 5.41) is 9.32. The topological polar surface area (TPSA) is 49.8 Å². The van der Waals surface area contributed by atoms with Crippen molar-refractivity contribution in [2.24, 2.45) is 5.41 Å². The van der Waals surface area contributed by atoms with Crippen molar-refractivity contribution in [3.63, 3.8) is 0 Å². The summed E-state index contributed by atoms with van der Waals surface area (Å²) in [6.07, 6.45) is 1.14. The van der Waals surface area contributed by atoms with Crippen LogP contribution in [0.4, 0.5) is 5.69 Å². The van der Waals surface area contributed by atoms with Gasteiger partial charge in [0.2, 0.25) is 0 Å². The van der Waals surface area contributed by atoms with Gasteiger partial charge in [0.05, 0.1) is 12.2 Å². The molecule has 0 bridgehead atoms. The van der Waals surface area contributed by atoms with E-state index >= 15 is 0 Å². The smallest absolute Gasteiger partial charge is 0.339 e. The molecule has 5 heteroatoms. The predicted octanol–water partition coefficient (Wildman–Crippen LogP) is 3.12. The molecule has 0 spiro atoms. The van der Waals surface area contributed by atoms with Gasteiger partial charge in [0.1, 0.15) is 12.2 Å². The molecule has 1 fully saturated rings. The van der Waals surface area contributed by atoms with Crippen LogP contribution < -0.4 is 9.64 Å². The van der Waals surface area contributed by atoms with Crippen molar-refractivity contribution in [1.82, 2.24) is 0 Å². The second kappa shape index (κ2) is 5.44. The first-order valence-electron chi connectivity index (χ1n) is 7.31. The molecule has 1 N–H and O–H groups in total. The van der Waals surface area contributed by atoms with Gasteiger partial charge < -0.3 is 14.7 Å². The van der Waals surface area contributed by atoms with E-state index in [1.807, 2.05) is 23.9 Å². The number of carboxylic acid groups (broad SMARTS) is 1. The summed E-state index contributed by atoms with van der Waals surface area (Å²) < 4.78 is 5.66. The summed E-state index contributed by atoms with van der Waals surface area (Å²) in [5.41, 5.74) is 1.53. The van der Waals surface area contributed by atoms with E-state index in [4.69, 9.17) is 4.74 Å². The monoisotopic (exact) mass is 307 g/mol. The Kier molecular flexibility index (Phi) is 3.78. The van der Waals surface area contributed by atoms with Gasteiger partial charge in [0.15, 0.2) is 5.75 Å². The fourth-order valence-corrected chi connectivity index (χ4v) is 4.60.